The summed E-state index contributed by atoms with van der Waals surface area (Å²) >= 11 is 6.28. The molecule has 3 aromatic rings. The second-order valence-corrected chi connectivity index (χ2v) is 8.07. The number of benzene rings is 2. The summed E-state index contributed by atoms with van der Waals surface area (Å²) in [6.45, 7) is 3.70. The number of methoxy groups -OCH3 is 2. The molecule has 1 fully saturated rings. The molecule has 4 rings (SSSR count). The molecular weight excluding hydrogens is 446 g/mol. The lowest BCUT2D eigenvalue weighted by Gasteiger charge is -2.24. The van der Waals surface area contributed by atoms with E-state index in [0.29, 0.717) is 28.5 Å². The van der Waals surface area contributed by atoms with Crippen molar-refractivity contribution < 1.29 is 28.6 Å². The molecule has 33 heavy (non-hydrogen) atoms. The Bertz CT molecular complexity index is 1280. The van der Waals surface area contributed by atoms with Gasteiger partial charge in [0, 0.05) is 5.69 Å². The highest BCUT2D eigenvalue weighted by Crippen LogP contribution is 2.45. The molecule has 1 unspecified atom stereocenters. The van der Waals surface area contributed by atoms with Gasteiger partial charge in [0.15, 0.2) is 0 Å². The number of ketones is 1. The predicted octanol–water partition coefficient (Wildman–Crippen LogP) is 5.19. The number of ether oxygens (including phenoxy) is 2. The summed E-state index contributed by atoms with van der Waals surface area (Å²) in [6.07, 6.45) is 1.44. The fraction of sp³-hybridized carbons (Fsp3) is 0.200. The molecule has 7 nitrogen and oxygen atoms in total. The number of amides is 1. The van der Waals surface area contributed by atoms with Crippen LogP contribution in [0.3, 0.4) is 0 Å². The third-order valence-electron chi connectivity index (χ3n) is 5.55. The highest BCUT2D eigenvalue weighted by atomic mass is 35.5. The van der Waals surface area contributed by atoms with Crippen LogP contribution in [0.2, 0.25) is 5.02 Å². The Morgan fingerprint density at radius 2 is 1.85 bits per heavy atom. The van der Waals surface area contributed by atoms with Gasteiger partial charge < -0.3 is 19.0 Å². The minimum absolute atomic E-state index is 0.106. The second-order valence-electron chi connectivity index (χ2n) is 7.67. The van der Waals surface area contributed by atoms with Crippen LogP contribution in [0.1, 0.15) is 28.5 Å². The zero-order valence-corrected chi connectivity index (χ0v) is 19.3. The molecule has 1 aliphatic heterocycles. The standard InChI is InChI=1S/C25H22ClNO6/c1-13-10-14(2)24(32-4)16(11-13)22(28)20-21(19-6-5-9-33-19)27(25(30)23(20)29)15-7-8-18(31-3)17(26)12-15/h5-12,21,28H,1-4H3/b22-20-. The van der Waals surface area contributed by atoms with E-state index < -0.39 is 17.7 Å². The quantitative estimate of drug-likeness (QED) is 0.315. The van der Waals surface area contributed by atoms with E-state index in [1.165, 1.54) is 31.4 Å². The van der Waals surface area contributed by atoms with Crippen molar-refractivity contribution in [3.05, 3.63) is 81.8 Å². The van der Waals surface area contributed by atoms with Gasteiger partial charge in [-0.2, -0.15) is 0 Å². The first-order chi connectivity index (χ1) is 15.8. The number of anilines is 1. The molecule has 0 spiro atoms. The lowest BCUT2D eigenvalue weighted by molar-refractivity contribution is -0.132. The lowest BCUT2D eigenvalue weighted by Crippen LogP contribution is -2.29. The van der Waals surface area contributed by atoms with Crippen molar-refractivity contribution in [3.63, 3.8) is 0 Å². The van der Waals surface area contributed by atoms with Crippen LogP contribution in [0.25, 0.3) is 5.76 Å². The first kappa shape index (κ1) is 22.5. The molecule has 1 aromatic heterocycles. The smallest absolute Gasteiger partial charge is 0.300 e. The average molecular weight is 468 g/mol. The van der Waals surface area contributed by atoms with E-state index in [-0.39, 0.29) is 16.4 Å². The Kier molecular flexibility index (Phi) is 5.91. The van der Waals surface area contributed by atoms with Crippen molar-refractivity contribution in [2.45, 2.75) is 19.9 Å². The van der Waals surface area contributed by atoms with Gasteiger partial charge in [-0.25, -0.2) is 0 Å². The van der Waals surface area contributed by atoms with E-state index in [9.17, 15) is 14.7 Å². The molecule has 1 amide bonds. The minimum Gasteiger partial charge on any atom is -0.507 e. The Morgan fingerprint density at radius 1 is 1.09 bits per heavy atom. The van der Waals surface area contributed by atoms with Gasteiger partial charge in [-0.15, -0.1) is 0 Å². The molecule has 1 atom stereocenters. The number of nitrogens with zero attached hydrogens (tertiary/aromatic N) is 1. The van der Waals surface area contributed by atoms with Gasteiger partial charge in [-0.05, 0) is 61.4 Å². The maximum absolute atomic E-state index is 13.2. The van der Waals surface area contributed by atoms with Crippen LogP contribution in [0.4, 0.5) is 5.69 Å². The molecule has 1 N–H and O–H groups in total. The maximum atomic E-state index is 13.2. The summed E-state index contributed by atoms with van der Waals surface area (Å²) in [7, 11) is 2.96. The third-order valence-corrected chi connectivity index (χ3v) is 5.84. The molecule has 0 bridgehead atoms. The molecule has 0 radical (unpaired) electrons. The van der Waals surface area contributed by atoms with E-state index in [2.05, 4.69) is 0 Å². The van der Waals surface area contributed by atoms with Gasteiger partial charge in [0.1, 0.15) is 29.1 Å². The Hall–Kier alpha value is -3.71. The third kappa shape index (κ3) is 3.74. The number of halogens is 1. The summed E-state index contributed by atoms with van der Waals surface area (Å²) in [4.78, 5) is 27.7. The van der Waals surface area contributed by atoms with E-state index in [0.717, 1.165) is 11.1 Å². The normalized spacial score (nSPS) is 17.5. The van der Waals surface area contributed by atoms with Crippen LogP contribution in [-0.2, 0) is 9.59 Å². The molecule has 170 valence electrons. The molecule has 8 heteroatoms. The van der Waals surface area contributed by atoms with E-state index >= 15 is 0 Å². The highest BCUT2D eigenvalue weighted by molar-refractivity contribution is 6.51. The Morgan fingerprint density at radius 3 is 2.45 bits per heavy atom. The van der Waals surface area contributed by atoms with E-state index in [4.69, 9.17) is 25.5 Å². The van der Waals surface area contributed by atoms with Crippen LogP contribution in [-0.4, -0.2) is 31.0 Å². The molecule has 2 aromatic carbocycles. The maximum Gasteiger partial charge on any atom is 0.300 e. The van der Waals surface area contributed by atoms with Crippen molar-refractivity contribution in [2.75, 3.05) is 19.1 Å². The van der Waals surface area contributed by atoms with Crippen LogP contribution in [0.15, 0.2) is 58.7 Å². The lowest BCUT2D eigenvalue weighted by atomic mass is 9.96. The fourth-order valence-corrected chi connectivity index (χ4v) is 4.42. The van der Waals surface area contributed by atoms with Crippen molar-refractivity contribution in [2.24, 2.45) is 0 Å². The fourth-order valence-electron chi connectivity index (χ4n) is 4.17. The summed E-state index contributed by atoms with van der Waals surface area (Å²) in [5.74, 6) is -0.863. The monoisotopic (exact) mass is 467 g/mol. The number of hydrogen-bond acceptors (Lipinski definition) is 6. The van der Waals surface area contributed by atoms with Crippen molar-refractivity contribution in [3.8, 4) is 11.5 Å². The van der Waals surface area contributed by atoms with Crippen molar-refractivity contribution in [1.29, 1.82) is 0 Å². The zero-order chi connectivity index (χ0) is 23.9. The average Bonchev–Trinajstić information content (AvgIpc) is 3.40. The number of furan rings is 1. The highest BCUT2D eigenvalue weighted by Gasteiger charge is 2.48. The summed E-state index contributed by atoms with van der Waals surface area (Å²) < 4.78 is 16.3. The Balaban J connectivity index is 1.97. The van der Waals surface area contributed by atoms with Gasteiger partial charge in [0.2, 0.25) is 0 Å². The minimum atomic E-state index is -1.00. The second kappa shape index (κ2) is 8.67. The van der Waals surface area contributed by atoms with Crippen LogP contribution in [0, 0.1) is 13.8 Å². The number of aliphatic hydroxyl groups is 1. The number of carbonyl (C=O) groups is 2. The molecule has 0 saturated carbocycles. The van der Waals surface area contributed by atoms with Gasteiger partial charge in [0.05, 0.1) is 36.6 Å². The largest absolute Gasteiger partial charge is 0.507 e. The zero-order valence-electron chi connectivity index (χ0n) is 18.5. The molecule has 0 aliphatic carbocycles. The molecular formula is C25H22ClNO6. The Labute approximate surface area is 195 Å². The van der Waals surface area contributed by atoms with Crippen molar-refractivity contribution in [1.82, 2.24) is 0 Å². The SMILES string of the molecule is COc1ccc(N2C(=O)C(=O)/C(=C(\O)c3cc(C)cc(C)c3OC)C2c2ccco2)cc1Cl. The van der Waals surface area contributed by atoms with Crippen LogP contribution < -0.4 is 14.4 Å². The topological polar surface area (TPSA) is 89.2 Å². The van der Waals surface area contributed by atoms with Gasteiger partial charge >= 0.3 is 0 Å². The van der Waals surface area contributed by atoms with E-state index in [1.807, 2.05) is 19.9 Å². The number of Topliss-reactive ketones (excluding diaryl/α,β-unsaturated/α-hetero) is 1. The number of hydrogen-bond donors (Lipinski definition) is 1. The summed E-state index contributed by atoms with van der Waals surface area (Å²) in [6, 6.07) is 10.6. The van der Waals surface area contributed by atoms with Crippen LogP contribution in [0.5, 0.6) is 11.5 Å². The number of aryl methyl sites for hydroxylation is 2. The molecule has 1 saturated heterocycles. The van der Waals surface area contributed by atoms with Crippen molar-refractivity contribution >= 4 is 34.7 Å². The number of aliphatic hydroxyl groups excluding tert-OH is 1. The first-order valence-electron chi connectivity index (χ1n) is 10.1. The predicted molar refractivity (Wildman–Crippen MR) is 124 cm³/mol. The molecule has 2 heterocycles. The summed E-state index contributed by atoms with van der Waals surface area (Å²) in [5.41, 5.74) is 2.21. The first-order valence-corrected chi connectivity index (χ1v) is 10.5. The van der Waals surface area contributed by atoms with Gasteiger partial charge in [0.25, 0.3) is 11.7 Å². The number of carbonyl (C=O) groups excluding carboxylic acids is 2. The summed E-state index contributed by atoms with van der Waals surface area (Å²) in [5, 5.41) is 11.6. The molecule has 1 aliphatic rings. The van der Waals surface area contributed by atoms with Gasteiger partial charge in [-0.1, -0.05) is 17.7 Å². The van der Waals surface area contributed by atoms with Gasteiger partial charge in [-0.3, -0.25) is 14.5 Å². The number of rotatable bonds is 5. The van der Waals surface area contributed by atoms with E-state index in [1.54, 1.807) is 30.3 Å². The van der Waals surface area contributed by atoms with Crippen LogP contribution >= 0.6 is 11.6 Å².